The van der Waals surface area contributed by atoms with Gasteiger partial charge < -0.3 is 10.4 Å². The summed E-state index contributed by atoms with van der Waals surface area (Å²) in [5.74, 6) is 0.147. The fraction of sp³-hybridized carbons (Fsp3) is 0.562. The van der Waals surface area contributed by atoms with Crippen molar-refractivity contribution in [2.45, 2.75) is 32.6 Å². The Morgan fingerprint density at radius 3 is 2.70 bits per heavy atom. The molecule has 20 heavy (non-hydrogen) atoms. The summed E-state index contributed by atoms with van der Waals surface area (Å²) in [5, 5.41) is 12.3. The topological polar surface area (TPSA) is 49.3 Å². The second-order valence-electron chi connectivity index (χ2n) is 5.66. The first-order chi connectivity index (χ1) is 9.61. The molecule has 1 amide bonds. The van der Waals surface area contributed by atoms with Crippen LogP contribution in [-0.2, 0) is 0 Å². The smallest absolute Gasteiger partial charge is 0.251 e. The number of benzene rings is 1. The number of aryl methyl sites for hydroxylation is 1. The number of rotatable bonds is 4. The molecule has 2 unspecified atom stereocenters. The summed E-state index contributed by atoms with van der Waals surface area (Å²) in [7, 11) is 0. The molecule has 0 radical (unpaired) electrons. The number of amides is 1. The Bertz CT molecular complexity index is 476. The van der Waals surface area contributed by atoms with Gasteiger partial charge >= 0.3 is 0 Å². The van der Waals surface area contributed by atoms with Gasteiger partial charge in [0.15, 0.2) is 0 Å². The van der Waals surface area contributed by atoms with E-state index in [0.717, 1.165) is 25.7 Å². The molecule has 1 aliphatic carbocycles. The summed E-state index contributed by atoms with van der Waals surface area (Å²) >= 11 is 0. The Morgan fingerprint density at radius 2 is 2.05 bits per heavy atom. The molecular weight excluding hydrogens is 257 g/mol. The molecule has 110 valence electrons. The fourth-order valence-electron chi connectivity index (χ4n) is 2.99. The minimum absolute atomic E-state index is 0.162. The van der Waals surface area contributed by atoms with Crippen molar-refractivity contribution in [3.8, 4) is 0 Å². The van der Waals surface area contributed by atoms with Gasteiger partial charge in [-0.25, -0.2) is 4.39 Å². The highest BCUT2D eigenvalue weighted by Gasteiger charge is 2.25. The van der Waals surface area contributed by atoms with Crippen LogP contribution in [0.15, 0.2) is 18.2 Å². The molecule has 0 aliphatic heterocycles. The fourth-order valence-corrected chi connectivity index (χ4v) is 2.99. The van der Waals surface area contributed by atoms with Gasteiger partial charge in [0.25, 0.3) is 5.91 Å². The minimum atomic E-state index is -0.327. The van der Waals surface area contributed by atoms with E-state index >= 15 is 0 Å². The van der Waals surface area contributed by atoms with E-state index < -0.39 is 0 Å². The van der Waals surface area contributed by atoms with Crippen LogP contribution in [0.25, 0.3) is 0 Å². The molecule has 0 saturated heterocycles. The van der Waals surface area contributed by atoms with E-state index in [1.807, 2.05) is 0 Å². The zero-order valence-electron chi connectivity index (χ0n) is 11.9. The maximum absolute atomic E-state index is 13.0. The second kappa shape index (κ2) is 6.84. The average molecular weight is 279 g/mol. The van der Waals surface area contributed by atoms with Crippen LogP contribution in [0.5, 0.6) is 0 Å². The van der Waals surface area contributed by atoms with Crippen molar-refractivity contribution in [3.63, 3.8) is 0 Å². The van der Waals surface area contributed by atoms with Gasteiger partial charge in [0, 0.05) is 18.7 Å². The average Bonchev–Trinajstić information content (AvgIpc) is 2.45. The van der Waals surface area contributed by atoms with Gasteiger partial charge in [0.05, 0.1) is 0 Å². The number of halogens is 1. The van der Waals surface area contributed by atoms with E-state index in [0.29, 0.717) is 29.5 Å². The first-order valence-electron chi connectivity index (χ1n) is 7.27. The van der Waals surface area contributed by atoms with Crippen molar-refractivity contribution in [1.82, 2.24) is 5.32 Å². The Labute approximate surface area is 119 Å². The third-order valence-corrected chi connectivity index (χ3v) is 4.26. The van der Waals surface area contributed by atoms with Gasteiger partial charge in [-0.15, -0.1) is 0 Å². The lowest BCUT2D eigenvalue weighted by atomic mass is 9.79. The van der Waals surface area contributed by atoms with Gasteiger partial charge in [-0.3, -0.25) is 4.79 Å². The SMILES string of the molecule is Cc1cc(F)ccc1C(=O)NCC1CCCCC1CO. The normalized spacial score (nSPS) is 22.6. The van der Waals surface area contributed by atoms with Crippen LogP contribution in [0, 0.1) is 24.6 Å². The highest BCUT2D eigenvalue weighted by Crippen LogP contribution is 2.29. The quantitative estimate of drug-likeness (QED) is 0.890. The van der Waals surface area contributed by atoms with Gasteiger partial charge in [0.1, 0.15) is 5.82 Å². The number of nitrogens with one attached hydrogen (secondary N) is 1. The van der Waals surface area contributed by atoms with Crippen molar-refractivity contribution in [3.05, 3.63) is 35.1 Å². The predicted octanol–water partition coefficient (Wildman–Crippen LogP) is 2.66. The Hall–Kier alpha value is -1.42. The van der Waals surface area contributed by atoms with E-state index in [1.54, 1.807) is 6.92 Å². The summed E-state index contributed by atoms with van der Waals surface area (Å²) in [6.07, 6.45) is 4.40. The van der Waals surface area contributed by atoms with Crippen molar-refractivity contribution in [1.29, 1.82) is 0 Å². The molecule has 3 nitrogen and oxygen atoms in total. The lowest BCUT2D eigenvalue weighted by Gasteiger charge is -2.30. The first kappa shape index (κ1) is 15.0. The molecule has 1 aromatic carbocycles. The van der Waals surface area contributed by atoms with Crippen LogP contribution in [0.1, 0.15) is 41.6 Å². The molecule has 1 saturated carbocycles. The minimum Gasteiger partial charge on any atom is -0.396 e. The molecule has 4 heteroatoms. The number of carbonyl (C=O) groups is 1. The monoisotopic (exact) mass is 279 g/mol. The van der Waals surface area contributed by atoms with E-state index in [9.17, 15) is 14.3 Å². The van der Waals surface area contributed by atoms with Gasteiger partial charge in [0.2, 0.25) is 0 Å². The molecule has 0 heterocycles. The number of aliphatic hydroxyl groups is 1. The third kappa shape index (κ3) is 3.57. The van der Waals surface area contributed by atoms with Crippen molar-refractivity contribution < 1.29 is 14.3 Å². The predicted molar refractivity (Wildman–Crippen MR) is 76.0 cm³/mol. The lowest BCUT2D eigenvalue weighted by molar-refractivity contribution is 0.0908. The number of hydrogen-bond donors (Lipinski definition) is 2. The van der Waals surface area contributed by atoms with Crippen molar-refractivity contribution in [2.75, 3.05) is 13.2 Å². The first-order valence-corrected chi connectivity index (χ1v) is 7.27. The Kier molecular flexibility index (Phi) is 5.12. The van der Waals surface area contributed by atoms with Gasteiger partial charge in [-0.2, -0.15) is 0 Å². The number of hydrogen-bond acceptors (Lipinski definition) is 2. The highest BCUT2D eigenvalue weighted by molar-refractivity contribution is 5.95. The van der Waals surface area contributed by atoms with E-state index in [4.69, 9.17) is 0 Å². The largest absolute Gasteiger partial charge is 0.396 e. The van der Waals surface area contributed by atoms with Crippen LogP contribution in [0.4, 0.5) is 4.39 Å². The molecule has 0 spiro atoms. The third-order valence-electron chi connectivity index (χ3n) is 4.26. The van der Waals surface area contributed by atoms with Crippen LogP contribution in [-0.4, -0.2) is 24.2 Å². The van der Waals surface area contributed by atoms with E-state index in [1.165, 1.54) is 18.2 Å². The second-order valence-corrected chi connectivity index (χ2v) is 5.66. The van der Waals surface area contributed by atoms with Gasteiger partial charge in [-0.05, 0) is 55.4 Å². The Balaban J connectivity index is 1.94. The van der Waals surface area contributed by atoms with Crippen LogP contribution in [0.2, 0.25) is 0 Å². The van der Waals surface area contributed by atoms with Crippen molar-refractivity contribution >= 4 is 5.91 Å². The molecule has 2 N–H and O–H groups in total. The summed E-state index contributed by atoms with van der Waals surface area (Å²) in [5.41, 5.74) is 1.16. The summed E-state index contributed by atoms with van der Waals surface area (Å²) in [4.78, 5) is 12.1. The summed E-state index contributed by atoms with van der Waals surface area (Å²) in [6, 6.07) is 4.19. The summed E-state index contributed by atoms with van der Waals surface area (Å²) in [6.45, 7) is 2.51. The number of aliphatic hydroxyl groups excluding tert-OH is 1. The standard InChI is InChI=1S/C16H22FNO2/c1-11-8-14(17)6-7-15(11)16(20)18-9-12-4-2-3-5-13(12)10-19/h6-8,12-13,19H,2-5,9-10H2,1H3,(H,18,20). The van der Waals surface area contributed by atoms with E-state index in [-0.39, 0.29) is 18.3 Å². The summed E-state index contributed by atoms with van der Waals surface area (Å²) < 4.78 is 13.0. The molecular formula is C16H22FNO2. The molecule has 1 aromatic rings. The molecule has 2 atom stereocenters. The van der Waals surface area contributed by atoms with Crippen molar-refractivity contribution in [2.24, 2.45) is 11.8 Å². The van der Waals surface area contributed by atoms with Gasteiger partial charge in [-0.1, -0.05) is 12.8 Å². The van der Waals surface area contributed by atoms with Crippen LogP contribution >= 0.6 is 0 Å². The molecule has 0 aromatic heterocycles. The molecule has 2 rings (SSSR count). The zero-order valence-corrected chi connectivity index (χ0v) is 11.9. The Morgan fingerprint density at radius 1 is 1.35 bits per heavy atom. The lowest BCUT2D eigenvalue weighted by Crippen LogP contribution is -2.35. The van der Waals surface area contributed by atoms with Crippen LogP contribution < -0.4 is 5.32 Å². The molecule has 0 bridgehead atoms. The number of carbonyl (C=O) groups excluding carboxylic acids is 1. The maximum atomic E-state index is 13.0. The maximum Gasteiger partial charge on any atom is 0.251 e. The van der Waals surface area contributed by atoms with Crippen LogP contribution in [0.3, 0.4) is 0 Å². The molecule has 1 fully saturated rings. The zero-order chi connectivity index (χ0) is 14.5. The highest BCUT2D eigenvalue weighted by atomic mass is 19.1. The van der Waals surface area contributed by atoms with E-state index in [2.05, 4.69) is 5.32 Å². The molecule has 1 aliphatic rings.